The molecule has 6 heteroatoms. The molecule has 0 bridgehead atoms. The van der Waals surface area contributed by atoms with Gasteiger partial charge in [0.25, 0.3) is 0 Å². The fourth-order valence-corrected chi connectivity index (χ4v) is 2.95. The average Bonchev–Trinajstić information content (AvgIpc) is 2.63. The molecule has 25 heavy (non-hydrogen) atoms. The molecular weight excluding hydrogens is 320 g/mol. The third-order valence-electron chi connectivity index (χ3n) is 4.16. The second-order valence-corrected chi connectivity index (χ2v) is 5.82. The minimum Gasteiger partial charge on any atom is -0.492 e. The molecule has 1 heterocycles. The van der Waals surface area contributed by atoms with Crippen molar-refractivity contribution >= 4 is 11.9 Å². The molecule has 1 aliphatic heterocycles. The van der Waals surface area contributed by atoms with Gasteiger partial charge in [-0.3, -0.25) is 9.69 Å². The molecule has 0 aliphatic carbocycles. The van der Waals surface area contributed by atoms with Crippen LogP contribution in [-0.2, 0) is 4.79 Å². The van der Waals surface area contributed by atoms with Gasteiger partial charge in [0.05, 0.1) is 5.56 Å². The smallest absolute Gasteiger partial charge is 0.335 e. The Morgan fingerprint density at radius 2 is 2.00 bits per heavy atom. The van der Waals surface area contributed by atoms with Crippen LogP contribution in [0.3, 0.4) is 0 Å². The summed E-state index contributed by atoms with van der Waals surface area (Å²) in [5, 5.41) is 11.9. The third-order valence-corrected chi connectivity index (χ3v) is 4.16. The summed E-state index contributed by atoms with van der Waals surface area (Å²) in [5.41, 5.74) is 1.14. The number of benzene rings is 2. The predicted molar refractivity (Wildman–Crippen MR) is 92.7 cm³/mol. The highest BCUT2D eigenvalue weighted by atomic mass is 16.5. The molecule has 0 spiro atoms. The van der Waals surface area contributed by atoms with E-state index in [1.807, 2.05) is 30.3 Å². The number of hydrogen-bond acceptors (Lipinski definition) is 4. The van der Waals surface area contributed by atoms with E-state index in [0.29, 0.717) is 25.4 Å². The molecule has 1 aliphatic rings. The van der Waals surface area contributed by atoms with E-state index in [2.05, 4.69) is 10.2 Å². The Kier molecular flexibility index (Phi) is 5.30. The highest BCUT2D eigenvalue weighted by Crippen LogP contribution is 2.23. The molecule has 3 rings (SSSR count). The quantitative estimate of drug-likeness (QED) is 0.840. The van der Waals surface area contributed by atoms with Crippen LogP contribution in [0.4, 0.5) is 0 Å². The van der Waals surface area contributed by atoms with Crippen molar-refractivity contribution in [1.29, 1.82) is 0 Å². The summed E-state index contributed by atoms with van der Waals surface area (Å²) >= 11 is 0. The summed E-state index contributed by atoms with van der Waals surface area (Å²) in [5.74, 6) is -0.481. The molecule has 1 saturated heterocycles. The van der Waals surface area contributed by atoms with E-state index in [1.165, 1.54) is 12.1 Å². The van der Waals surface area contributed by atoms with Crippen molar-refractivity contribution in [1.82, 2.24) is 10.2 Å². The SMILES string of the molecule is O=C(O)c1cccc(OCCN2CCNC(=O)C2c2ccccc2)c1. The second kappa shape index (κ2) is 7.81. The lowest BCUT2D eigenvalue weighted by Crippen LogP contribution is -2.50. The van der Waals surface area contributed by atoms with E-state index < -0.39 is 5.97 Å². The topological polar surface area (TPSA) is 78.9 Å². The maximum Gasteiger partial charge on any atom is 0.335 e. The molecule has 1 amide bonds. The number of carbonyl (C=O) groups excluding carboxylic acids is 1. The van der Waals surface area contributed by atoms with Gasteiger partial charge >= 0.3 is 5.97 Å². The van der Waals surface area contributed by atoms with E-state index >= 15 is 0 Å². The molecule has 0 radical (unpaired) electrons. The Bertz CT molecular complexity index is 748. The zero-order chi connectivity index (χ0) is 17.6. The van der Waals surface area contributed by atoms with Gasteiger partial charge in [-0.15, -0.1) is 0 Å². The molecular formula is C19H20N2O4. The molecule has 130 valence electrons. The Balaban J connectivity index is 1.64. The summed E-state index contributed by atoms with van der Waals surface area (Å²) in [6.45, 7) is 2.30. The highest BCUT2D eigenvalue weighted by molar-refractivity contribution is 5.88. The van der Waals surface area contributed by atoms with Gasteiger partial charge in [-0.2, -0.15) is 0 Å². The Morgan fingerprint density at radius 1 is 1.20 bits per heavy atom. The van der Waals surface area contributed by atoms with Crippen LogP contribution in [0.25, 0.3) is 0 Å². The lowest BCUT2D eigenvalue weighted by Gasteiger charge is -2.35. The zero-order valence-electron chi connectivity index (χ0n) is 13.7. The standard InChI is InChI=1S/C19H20N2O4/c22-18-17(14-5-2-1-3-6-14)21(10-9-20-18)11-12-25-16-8-4-7-15(13-16)19(23)24/h1-8,13,17H,9-12H2,(H,20,22)(H,23,24). The summed E-state index contributed by atoms with van der Waals surface area (Å²) in [6.07, 6.45) is 0. The van der Waals surface area contributed by atoms with Gasteiger partial charge in [0.2, 0.25) is 5.91 Å². The number of nitrogens with one attached hydrogen (secondary N) is 1. The maximum atomic E-state index is 12.3. The van der Waals surface area contributed by atoms with Crippen molar-refractivity contribution in [3.8, 4) is 5.75 Å². The molecule has 0 saturated carbocycles. The number of hydrogen-bond donors (Lipinski definition) is 2. The Hall–Kier alpha value is -2.86. The lowest BCUT2D eigenvalue weighted by atomic mass is 10.0. The van der Waals surface area contributed by atoms with Crippen LogP contribution < -0.4 is 10.1 Å². The average molecular weight is 340 g/mol. The largest absolute Gasteiger partial charge is 0.492 e. The van der Waals surface area contributed by atoms with Gasteiger partial charge in [-0.1, -0.05) is 36.4 Å². The minimum atomic E-state index is -0.984. The first-order chi connectivity index (χ1) is 12.1. The number of amides is 1. The van der Waals surface area contributed by atoms with E-state index in [0.717, 1.165) is 12.1 Å². The molecule has 6 nitrogen and oxygen atoms in total. The number of aromatic carboxylic acids is 1. The van der Waals surface area contributed by atoms with Crippen LogP contribution in [0.1, 0.15) is 22.0 Å². The lowest BCUT2D eigenvalue weighted by molar-refractivity contribution is -0.129. The second-order valence-electron chi connectivity index (χ2n) is 5.82. The van der Waals surface area contributed by atoms with Crippen molar-refractivity contribution in [2.24, 2.45) is 0 Å². The van der Waals surface area contributed by atoms with E-state index in [1.54, 1.807) is 12.1 Å². The molecule has 2 aromatic carbocycles. The number of carboxylic acid groups (broad SMARTS) is 1. The first-order valence-corrected chi connectivity index (χ1v) is 8.18. The number of carbonyl (C=O) groups is 2. The molecule has 2 N–H and O–H groups in total. The number of ether oxygens (including phenoxy) is 1. The highest BCUT2D eigenvalue weighted by Gasteiger charge is 2.30. The first kappa shape index (κ1) is 17.0. The summed E-state index contributed by atoms with van der Waals surface area (Å²) in [7, 11) is 0. The van der Waals surface area contributed by atoms with E-state index in [4.69, 9.17) is 9.84 Å². The minimum absolute atomic E-state index is 0.00896. The molecule has 1 unspecified atom stereocenters. The van der Waals surface area contributed by atoms with Crippen LogP contribution in [-0.4, -0.2) is 48.1 Å². The van der Waals surface area contributed by atoms with Crippen LogP contribution in [0, 0.1) is 0 Å². The summed E-state index contributed by atoms with van der Waals surface area (Å²) in [4.78, 5) is 25.4. The van der Waals surface area contributed by atoms with Crippen molar-refractivity contribution in [3.63, 3.8) is 0 Å². The normalized spacial score (nSPS) is 17.8. The Morgan fingerprint density at radius 3 is 2.76 bits per heavy atom. The predicted octanol–water partition coefficient (Wildman–Crippen LogP) is 1.94. The Labute approximate surface area is 146 Å². The number of piperazine rings is 1. The number of rotatable bonds is 6. The van der Waals surface area contributed by atoms with Crippen LogP contribution in [0.2, 0.25) is 0 Å². The fraction of sp³-hybridized carbons (Fsp3) is 0.263. The summed E-state index contributed by atoms with van der Waals surface area (Å²) < 4.78 is 5.68. The molecule has 0 aromatic heterocycles. The van der Waals surface area contributed by atoms with Gasteiger partial charge < -0.3 is 15.2 Å². The maximum absolute atomic E-state index is 12.3. The van der Waals surface area contributed by atoms with Crippen molar-refractivity contribution in [2.75, 3.05) is 26.2 Å². The molecule has 1 atom stereocenters. The van der Waals surface area contributed by atoms with Crippen molar-refractivity contribution < 1.29 is 19.4 Å². The third kappa shape index (κ3) is 4.16. The van der Waals surface area contributed by atoms with Crippen LogP contribution >= 0.6 is 0 Å². The van der Waals surface area contributed by atoms with Gasteiger partial charge in [-0.25, -0.2) is 4.79 Å². The van der Waals surface area contributed by atoms with Gasteiger partial charge in [0.15, 0.2) is 0 Å². The van der Waals surface area contributed by atoms with Crippen LogP contribution in [0.15, 0.2) is 54.6 Å². The molecule has 2 aromatic rings. The first-order valence-electron chi connectivity index (χ1n) is 8.18. The fourth-order valence-electron chi connectivity index (χ4n) is 2.95. The van der Waals surface area contributed by atoms with Crippen molar-refractivity contribution in [2.45, 2.75) is 6.04 Å². The van der Waals surface area contributed by atoms with Gasteiger partial charge in [-0.05, 0) is 23.8 Å². The van der Waals surface area contributed by atoms with Crippen LogP contribution in [0.5, 0.6) is 5.75 Å². The number of carboxylic acids is 1. The molecule has 1 fully saturated rings. The summed E-state index contributed by atoms with van der Waals surface area (Å²) in [6, 6.07) is 15.7. The van der Waals surface area contributed by atoms with E-state index in [-0.39, 0.29) is 17.5 Å². The van der Waals surface area contributed by atoms with Crippen molar-refractivity contribution in [3.05, 3.63) is 65.7 Å². The van der Waals surface area contributed by atoms with Gasteiger partial charge in [0.1, 0.15) is 18.4 Å². The zero-order valence-corrected chi connectivity index (χ0v) is 13.7. The van der Waals surface area contributed by atoms with E-state index in [9.17, 15) is 9.59 Å². The van der Waals surface area contributed by atoms with Gasteiger partial charge in [0, 0.05) is 19.6 Å². The monoisotopic (exact) mass is 340 g/mol. The number of nitrogens with zero attached hydrogens (tertiary/aromatic N) is 1.